The summed E-state index contributed by atoms with van der Waals surface area (Å²) < 4.78 is 14.8. The van der Waals surface area contributed by atoms with E-state index < -0.39 is 6.03 Å². The first-order chi connectivity index (χ1) is 9.62. The van der Waals surface area contributed by atoms with Gasteiger partial charge >= 0.3 is 12.0 Å². The molecule has 0 spiro atoms. The van der Waals surface area contributed by atoms with Crippen LogP contribution in [-0.2, 0) is 9.53 Å². The van der Waals surface area contributed by atoms with Crippen molar-refractivity contribution in [3.63, 3.8) is 0 Å². The Morgan fingerprint density at radius 1 is 1.10 bits per heavy atom. The molecule has 0 aliphatic carbocycles. The van der Waals surface area contributed by atoms with Crippen LogP contribution in [0.5, 0.6) is 11.5 Å². The fourth-order valence-electron chi connectivity index (χ4n) is 1.51. The molecule has 0 aliphatic rings. The Morgan fingerprint density at radius 3 is 2.20 bits per heavy atom. The Balaban J connectivity index is 2.63. The summed E-state index contributed by atoms with van der Waals surface area (Å²) in [6.45, 7) is 0.177. The normalized spacial score (nSPS) is 9.55. The third-order valence-electron chi connectivity index (χ3n) is 2.51. The second-order valence-electron chi connectivity index (χ2n) is 3.74. The number of amides is 2. The number of ether oxygens (including phenoxy) is 3. The van der Waals surface area contributed by atoms with Crippen LogP contribution in [0.1, 0.15) is 6.42 Å². The van der Waals surface area contributed by atoms with Gasteiger partial charge in [-0.1, -0.05) is 6.07 Å². The number of carbonyl (C=O) groups is 2. The van der Waals surface area contributed by atoms with Crippen molar-refractivity contribution in [3.05, 3.63) is 18.2 Å². The number of benzene rings is 1. The molecule has 0 aromatic heterocycles. The van der Waals surface area contributed by atoms with Gasteiger partial charge < -0.3 is 24.8 Å². The average molecular weight is 282 g/mol. The van der Waals surface area contributed by atoms with Crippen LogP contribution in [0, 0.1) is 0 Å². The molecule has 7 nitrogen and oxygen atoms in total. The van der Waals surface area contributed by atoms with Crippen molar-refractivity contribution >= 4 is 17.7 Å². The maximum Gasteiger partial charge on any atom is 0.319 e. The van der Waals surface area contributed by atoms with Crippen molar-refractivity contribution in [2.75, 3.05) is 33.2 Å². The lowest BCUT2D eigenvalue weighted by Gasteiger charge is -2.14. The molecule has 2 N–H and O–H groups in total. The number of nitrogens with one attached hydrogen (secondary N) is 2. The molecule has 0 bridgehead atoms. The summed E-state index contributed by atoms with van der Waals surface area (Å²) in [5, 5.41) is 5.16. The molecule has 0 atom stereocenters. The van der Waals surface area contributed by atoms with Gasteiger partial charge in [-0.05, 0) is 12.1 Å². The number of para-hydroxylation sites is 1. The molecule has 2 amide bonds. The van der Waals surface area contributed by atoms with Crippen molar-refractivity contribution in [1.82, 2.24) is 5.32 Å². The molecule has 0 heterocycles. The smallest absolute Gasteiger partial charge is 0.319 e. The molecule has 20 heavy (non-hydrogen) atoms. The van der Waals surface area contributed by atoms with Gasteiger partial charge in [-0.25, -0.2) is 4.79 Å². The SMILES string of the molecule is COC(=O)CCNC(=O)Nc1c(OC)cccc1OC. The lowest BCUT2D eigenvalue weighted by atomic mass is 10.2. The topological polar surface area (TPSA) is 85.9 Å². The van der Waals surface area contributed by atoms with Gasteiger partial charge in [0.25, 0.3) is 0 Å². The Morgan fingerprint density at radius 2 is 1.70 bits per heavy atom. The molecule has 0 saturated heterocycles. The Labute approximate surface area is 117 Å². The number of hydrogen-bond acceptors (Lipinski definition) is 5. The van der Waals surface area contributed by atoms with Crippen molar-refractivity contribution in [3.8, 4) is 11.5 Å². The van der Waals surface area contributed by atoms with Crippen molar-refractivity contribution < 1.29 is 23.8 Å². The number of hydrogen-bond donors (Lipinski definition) is 2. The van der Waals surface area contributed by atoms with Gasteiger partial charge in [0.05, 0.1) is 27.8 Å². The Hall–Kier alpha value is -2.44. The minimum atomic E-state index is -0.461. The summed E-state index contributed by atoms with van der Waals surface area (Å²) in [5.41, 5.74) is 0.424. The predicted octanol–water partition coefficient (Wildman–Crippen LogP) is 1.39. The third kappa shape index (κ3) is 4.34. The quantitative estimate of drug-likeness (QED) is 0.770. The van der Waals surface area contributed by atoms with Gasteiger partial charge in [-0.2, -0.15) is 0 Å². The van der Waals surface area contributed by atoms with Crippen LogP contribution in [0.15, 0.2) is 18.2 Å². The van der Waals surface area contributed by atoms with E-state index in [2.05, 4.69) is 15.4 Å². The molecule has 0 unspecified atom stereocenters. The second kappa shape index (κ2) is 7.88. The molecule has 110 valence electrons. The van der Waals surface area contributed by atoms with E-state index in [-0.39, 0.29) is 18.9 Å². The van der Waals surface area contributed by atoms with E-state index in [4.69, 9.17) is 9.47 Å². The minimum absolute atomic E-state index is 0.104. The standard InChI is InChI=1S/C13H18N2O5/c1-18-9-5-4-6-10(19-2)12(9)15-13(17)14-8-7-11(16)20-3/h4-6H,7-8H2,1-3H3,(H2,14,15,17). The fourth-order valence-corrected chi connectivity index (χ4v) is 1.51. The number of methoxy groups -OCH3 is 3. The number of rotatable bonds is 6. The second-order valence-corrected chi connectivity index (χ2v) is 3.74. The zero-order valence-electron chi connectivity index (χ0n) is 11.7. The average Bonchev–Trinajstić information content (AvgIpc) is 2.47. The van der Waals surface area contributed by atoms with Crippen LogP contribution in [0.25, 0.3) is 0 Å². The largest absolute Gasteiger partial charge is 0.494 e. The Kier molecular flexibility index (Phi) is 6.15. The first-order valence-corrected chi connectivity index (χ1v) is 5.95. The minimum Gasteiger partial charge on any atom is -0.494 e. The van der Waals surface area contributed by atoms with Crippen LogP contribution < -0.4 is 20.1 Å². The first kappa shape index (κ1) is 15.6. The molecule has 0 radical (unpaired) electrons. The first-order valence-electron chi connectivity index (χ1n) is 5.95. The highest BCUT2D eigenvalue weighted by Crippen LogP contribution is 2.33. The van der Waals surface area contributed by atoms with E-state index in [1.54, 1.807) is 18.2 Å². The van der Waals surface area contributed by atoms with E-state index in [1.807, 2.05) is 0 Å². The van der Waals surface area contributed by atoms with E-state index in [9.17, 15) is 9.59 Å². The van der Waals surface area contributed by atoms with Gasteiger partial charge in [0.15, 0.2) is 0 Å². The number of esters is 1. The molecule has 1 aromatic rings. The van der Waals surface area contributed by atoms with Gasteiger partial charge in [-0.3, -0.25) is 4.79 Å². The molecule has 1 aromatic carbocycles. The maximum absolute atomic E-state index is 11.7. The van der Waals surface area contributed by atoms with Gasteiger partial charge in [0.1, 0.15) is 17.2 Å². The predicted molar refractivity (Wildman–Crippen MR) is 73.2 cm³/mol. The monoisotopic (exact) mass is 282 g/mol. The molecule has 0 saturated carbocycles. The third-order valence-corrected chi connectivity index (χ3v) is 2.51. The summed E-state index contributed by atoms with van der Waals surface area (Å²) in [4.78, 5) is 22.7. The van der Waals surface area contributed by atoms with Gasteiger partial charge in [-0.15, -0.1) is 0 Å². The molecular weight excluding hydrogens is 264 g/mol. The van der Waals surface area contributed by atoms with Crippen LogP contribution >= 0.6 is 0 Å². The lowest BCUT2D eigenvalue weighted by molar-refractivity contribution is -0.140. The lowest BCUT2D eigenvalue weighted by Crippen LogP contribution is -2.31. The van der Waals surface area contributed by atoms with Crippen molar-refractivity contribution in [2.24, 2.45) is 0 Å². The highest BCUT2D eigenvalue weighted by molar-refractivity contribution is 5.93. The summed E-state index contributed by atoms with van der Waals surface area (Å²) in [5.74, 6) is 0.570. The van der Waals surface area contributed by atoms with Gasteiger partial charge in [0.2, 0.25) is 0 Å². The number of anilines is 1. The van der Waals surface area contributed by atoms with Crippen LogP contribution in [0.4, 0.5) is 10.5 Å². The van der Waals surface area contributed by atoms with Gasteiger partial charge in [0, 0.05) is 6.54 Å². The molecule has 7 heteroatoms. The Bertz CT molecular complexity index is 454. The zero-order chi connectivity index (χ0) is 15.0. The van der Waals surface area contributed by atoms with E-state index in [0.29, 0.717) is 17.2 Å². The zero-order valence-corrected chi connectivity index (χ0v) is 11.7. The number of carbonyl (C=O) groups excluding carboxylic acids is 2. The summed E-state index contributed by atoms with van der Waals surface area (Å²) in [6.07, 6.45) is 0.104. The van der Waals surface area contributed by atoms with Crippen molar-refractivity contribution in [1.29, 1.82) is 0 Å². The van der Waals surface area contributed by atoms with Crippen LogP contribution in [-0.4, -0.2) is 39.9 Å². The fraction of sp³-hybridized carbons (Fsp3) is 0.385. The molecule has 1 rings (SSSR count). The highest BCUT2D eigenvalue weighted by atomic mass is 16.5. The summed E-state index contributed by atoms with van der Waals surface area (Å²) >= 11 is 0. The number of urea groups is 1. The summed E-state index contributed by atoms with van der Waals surface area (Å²) in [7, 11) is 4.28. The van der Waals surface area contributed by atoms with E-state index in [1.165, 1.54) is 21.3 Å². The van der Waals surface area contributed by atoms with Crippen LogP contribution in [0.3, 0.4) is 0 Å². The van der Waals surface area contributed by atoms with Crippen molar-refractivity contribution in [2.45, 2.75) is 6.42 Å². The molecular formula is C13H18N2O5. The molecule has 0 fully saturated rings. The molecule has 0 aliphatic heterocycles. The van der Waals surface area contributed by atoms with E-state index >= 15 is 0 Å². The van der Waals surface area contributed by atoms with E-state index in [0.717, 1.165) is 0 Å². The summed E-state index contributed by atoms with van der Waals surface area (Å²) in [6, 6.07) is 4.69. The highest BCUT2D eigenvalue weighted by Gasteiger charge is 2.12. The maximum atomic E-state index is 11.7. The van der Waals surface area contributed by atoms with Crippen LogP contribution in [0.2, 0.25) is 0 Å².